The van der Waals surface area contributed by atoms with Gasteiger partial charge < -0.3 is 15.1 Å². The molecule has 7 heteroatoms. The van der Waals surface area contributed by atoms with Crippen LogP contribution in [0.1, 0.15) is 5.56 Å². The number of rotatable bonds is 4. The molecule has 0 spiro atoms. The highest BCUT2D eigenvalue weighted by molar-refractivity contribution is 6.35. The van der Waals surface area contributed by atoms with Crippen molar-refractivity contribution in [3.05, 3.63) is 65.7 Å². The minimum atomic E-state index is -0.632. The van der Waals surface area contributed by atoms with Gasteiger partial charge in [-0.25, -0.2) is 8.78 Å². The van der Waals surface area contributed by atoms with Crippen molar-refractivity contribution in [1.29, 1.82) is 0 Å². The molecule has 1 heterocycles. The Bertz CT molecular complexity index is 786. The summed E-state index contributed by atoms with van der Waals surface area (Å²) in [5.41, 5.74) is 1.78. The maximum Gasteiger partial charge on any atom is 0.312 e. The van der Waals surface area contributed by atoms with Gasteiger partial charge >= 0.3 is 11.8 Å². The van der Waals surface area contributed by atoms with E-state index >= 15 is 0 Å². The summed E-state index contributed by atoms with van der Waals surface area (Å²) in [6.07, 6.45) is 0.525. The quantitative estimate of drug-likeness (QED) is 0.834. The number of hydrogen-bond donors (Lipinski definition) is 1. The van der Waals surface area contributed by atoms with Crippen LogP contribution >= 0.6 is 0 Å². The second kappa shape index (κ2) is 8.62. The van der Waals surface area contributed by atoms with Crippen LogP contribution in [0.5, 0.6) is 0 Å². The highest BCUT2D eigenvalue weighted by Gasteiger charge is 2.25. The minimum Gasteiger partial charge on any atom is -0.368 e. The third-order valence-corrected chi connectivity index (χ3v) is 4.57. The summed E-state index contributed by atoms with van der Waals surface area (Å²) in [6, 6.07) is 12.2. The Balaban J connectivity index is 1.43. The Hall–Kier alpha value is -2.96. The fraction of sp³-hybridized carbons (Fsp3) is 0.300. The van der Waals surface area contributed by atoms with Gasteiger partial charge in [0, 0.05) is 38.4 Å². The van der Waals surface area contributed by atoms with Gasteiger partial charge in [-0.05, 0) is 48.4 Å². The van der Waals surface area contributed by atoms with E-state index in [9.17, 15) is 18.4 Å². The number of anilines is 1. The number of carbonyl (C=O) groups is 2. The second-order valence-corrected chi connectivity index (χ2v) is 6.39. The van der Waals surface area contributed by atoms with Gasteiger partial charge in [0.25, 0.3) is 0 Å². The normalized spacial score (nSPS) is 14.1. The molecule has 0 atom stereocenters. The van der Waals surface area contributed by atoms with Crippen molar-refractivity contribution in [3.63, 3.8) is 0 Å². The number of piperazine rings is 1. The van der Waals surface area contributed by atoms with E-state index in [1.165, 1.54) is 29.2 Å². The highest BCUT2D eigenvalue weighted by Crippen LogP contribution is 2.17. The molecule has 0 aliphatic carbocycles. The van der Waals surface area contributed by atoms with E-state index in [1.54, 1.807) is 24.3 Å². The van der Waals surface area contributed by atoms with Gasteiger partial charge in [0.15, 0.2) is 0 Å². The first-order valence-electron chi connectivity index (χ1n) is 8.85. The lowest BCUT2D eigenvalue weighted by Gasteiger charge is -2.35. The maximum atomic E-state index is 13.0. The topological polar surface area (TPSA) is 52.7 Å². The molecule has 2 aromatic carbocycles. The smallest absolute Gasteiger partial charge is 0.312 e. The maximum absolute atomic E-state index is 13.0. The molecule has 1 fully saturated rings. The molecule has 0 bridgehead atoms. The number of hydrogen-bond acceptors (Lipinski definition) is 3. The third kappa shape index (κ3) is 5.03. The van der Waals surface area contributed by atoms with Crippen LogP contribution < -0.4 is 10.2 Å². The average molecular weight is 373 g/mol. The molecule has 142 valence electrons. The standard InChI is InChI=1S/C20H21F2N3O2/c21-16-3-1-15(2-4-16)9-10-23-19(26)20(27)25-13-11-24(12-14-25)18-7-5-17(22)6-8-18/h1-8H,9-14H2,(H,23,26). The third-order valence-electron chi connectivity index (χ3n) is 4.57. The Labute approximate surface area is 156 Å². The van der Waals surface area contributed by atoms with E-state index < -0.39 is 11.8 Å². The molecule has 2 amide bonds. The summed E-state index contributed by atoms with van der Waals surface area (Å²) in [7, 11) is 0. The number of carbonyl (C=O) groups excluding carboxylic acids is 2. The lowest BCUT2D eigenvalue weighted by Crippen LogP contribution is -2.52. The zero-order chi connectivity index (χ0) is 19.2. The molecule has 1 aliphatic heterocycles. The summed E-state index contributed by atoms with van der Waals surface area (Å²) in [6.45, 7) is 2.34. The zero-order valence-corrected chi connectivity index (χ0v) is 14.8. The Morgan fingerprint density at radius 3 is 2.00 bits per heavy atom. The van der Waals surface area contributed by atoms with Crippen molar-refractivity contribution in [3.8, 4) is 0 Å². The number of amides is 2. The SMILES string of the molecule is O=C(NCCc1ccc(F)cc1)C(=O)N1CCN(c2ccc(F)cc2)CC1. The molecular weight excluding hydrogens is 352 g/mol. The monoisotopic (exact) mass is 373 g/mol. The molecule has 0 saturated carbocycles. The molecule has 1 aliphatic rings. The van der Waals surface area contributed by atoms with Crippen LogP contribution in [-0.4, -0.2) is 49.4 Å². The molecule has 5 nitrogen and oxygen atoms in total. The van der Waals surface area contributed by atoms with E-state index in [4.69, 9.17) is 0 Å². The minimum absolute atomic E-state index is 0.287. The van der Waals surface area contributed by atoms with Crippen LogP contribution in [0.25, 0.3) is 0 Å². The summed E-state index contributed by atoms with van der Waals surface area (Å²) in [4.78, 5) is 27.9. The molecule has 2 aromatic rings. The summed E-state index contributed by atoms with van der Waals surface area (Å²) < 4.78 is 25.9. The molecule has 0 radical (unpaired) electrons. The van der Waals surface area contributed by atoms with Crippen LogP contribution in [0, 0.1) is 11.6 Å². The Kier molecular flexibility index (Phi) is 6.01. The second-order valence-electron chi connectivity index (χ2n) is 6.39. The van der Waals surface area contributed by atoms with E-state index in [0.29, 0.717) is 39.1 Å². The van der Waals surface area contributed by atoms with Gasteiger partial charge in [0.05, 0.1) is 0 Å². The number of halogens is 2. The van der Waals surface area contributed by atoms with Crippen molar-refractivity contribution in [2.24, 2.45) is 0 Å². The van der Waals surface area contributed by atoms with Crippen molar-refractivity contribution >= 4 is 17.5 Å². The van der Waals surface area contributed by atoms with Crippen LogP contribution in [-0.2, 0) is 16.0 Å². The summed E-state index contributed by atoms with van der Waals surface area (Å²) in [5, 5.41) is 2.61. The average Bonchev–Trinajstić information content (AvgIpc) is 2.69. The zero-order valence-electron chi connectivity index (χ0n) is 14.8. The highest BCUT2D eigenvalue weighted by atomic mass is 19.1. The lowest BCUT2D eigenvalue weighted by molar-refractivity contribution is -0.146. The van der Waals surface area contributed by atoms with Crippen molar-refractivity contribution in [2.75, 3.05) is 37.6 Å². The van der Waals surface area contributed by atoms with Crippen molar-refractivity contribution in [2.45, 2.75) is 6.42 Å². The first-order chi connectivity index (χ1) is 13.0. The van der Waals surface area contributed by atoms with Gasteiger partial charge in [0.1, 0.15) is 11.6 Å². The van der Waals surface area contributed by atoms with E-state index in [0.717, 1.165) is 11.3 Å². The molecule has 3 rings (SSSR count). The van der Waals surface area contributed by atoms with Crippen LogP contribution in [0.15, 0.2) is 48.5 Å². The van der Waals surface area contributed by atoms with Crippen molar-refractivity contribution in [1.82, 2.24) is 10.2 Å². The fourth-order valence-electron chi connectivity index (χ4n) is 3.01. The predicted octanol–water partition coefficient (Wildman–Crippen LogP) is 1.97. The molecule has 0 aromatic heterocycles. The molecule has 1 N–H and O–H groups in total. The van der Waals surface area contributed by atoms with Crippen LogP contribution in [0.2, 0.25) is 0 Å². The first-order valence-corrected chi connectivity index (χ1v) is 8.85. The first kappa shape index (κ1) is 18.8. The molecular formula is C20H21F2N3O2. The largest absolute Gasteiger partial charge is 0.368 e. The van der Waals surface area contributed by atoms with Crippen LogP contribution in [0.4, 0.5) is 14.5 Å². The van der Waals surface area contributed by atoms with E-state index in [-0.39, 0.29) is 11.6 Å². The van der Waals surface area contributed by atoms with Gasteiger partial charge in [0.2, 0.25) is 0 Å². The van der Waals surface area contributed by atoms with E-state index in [2.05, 4.69) is 10.2 Å². The van der Waals surface area contributed by atoms with Crippen LogP contribution in [0.3, 0.4) is 0 Å². The molecule has 0 unspecified atom stereocenters. The summed E-state index contributed by atoms with van der Waals surface area (Å²) in [5.74, 6) is -1.78. The fourth-order valence-corrected chi connectivity index (χ4v) is 3.01. The Morgan fingerprint density at radius 1 is 0.852 bits per heavy atom. The number of benzene rings is 2. The lowest BCUT2D eigenvalue weighted by atomic mass is 10.1. The predicted molar refractivity (Wildman–Crippen MR) is 98.3 cm³/mol. The molecule has 1 saturated heterocycles. The van der Waals surface area contributed by atoms with Gasteiger partial charge in [-0.2, -0.15) is 0 Å². The molecule has 27 heavy (non-hydrogen) atoms. The Morgan fingerprint density at radius 2 is 1.41 bits per heavy atom. The van der Waals surface area contributed by atoms with Crippen molar-refractivity contribution < 1.29 is 18.4 Å². The number of nitrogens with zero attached hydrogens (tertiary/aromatic N) is 2. The summed E-state index contributed by atoms with van der Waals surface area (Å²) >= 11 is 0. The van der Waals surface area contributed by atoms with E-state index in [1.807, 2.05) is 0 Å². The van der Waals surface area contributed by atoms with Gasteiger partial charge in [-0.15, -0.1) is 0 Å². The van der Waals surface area contributed by atoms with Gasteiger partial charge in [-0.1, -0.05) is 12.1 Å². The van der Waals surface area contributed by atoms with Gasteiger partial charge in [-0.3, -0.25) is 9.59 Å². The number of nitrogens with one attached hydrogen (secondary N) is 1.